The highest BCUT2D eigenvalue weighted by Gasteiger charge is 2.50. The molecular weight excluding hydrogens is 365 g/mol. The maximum Gasteiger partial charge on any atom is 0.335 e. The van der Waals surface area contributed by atoms with Crippen LogP contribution in [0.3, 0.4) is 0 Å². The lowest BCUT2D eigenvalue weighted by atomic mass is 9.82. The van der Waals surface area contributed by atoms with Gasteiger partial charge in [0.25, 0.3) is 0 Å². The molecule has 1 N–H and O–H groups in total. The van der Waals surface area contributed by atoms with Crippen molar-refractivity contribution in [1.29, 1.82) is 0 Å². The van der Waals surface area contributed by atoms with Crippen molar-refractivity contribution >= 4 is 24.3 Å². The van der Waals surface area contributed by atoms with E-state index in [1.165, 1.54) is 11.0 Å². The van der Waals surface area contributed by atoms with Crippen LogP contribution in [0.5, 0.6) is 5.75 Å². The van der Waals surface area contributed by atoms with Gasteiger partial charge in [0, 0.05) is 12.3 Å². The normalized spacial score (nSPS) is 14.3. The topological polar surface area (TPSA) is 49.8 Å². The zero-order valence-corrected chi connectivity index (χ0v) is 17.0. The molecule has 0 saturated heterocycles. The van der Waals surface area contributed by atoms with Crippen molar-refractivity contribution in [3.63, 3.8) is 0 Å². The number of methoxy groups -OCH3 is 1. The van der Waals surface area contributed by atoms with Gasteiger partial charge in [0.15, 0.2) is 5.54 Å². The molecule has 146 valence electrons. The standard InChI is InChI=1S/C21H26FNO3S/c1-5-14-7-12-18(17(22)13-14)23(3)21(20(24)25,19(27)6-2)15-8-10-16(26-4)11-9-15/h7-13,19,27H,5-6H2,1-4H3,(H,24,25)/t19-,21-/m0/s1. The van der Waals surface area contributed by atoms with Crippen molar-refractivity contribution in [3.8, 4) is 5.75 Å². The van der Waals surface area contributed by atoms with Gasteiger partial charge in [-0.1, -0.05) is 32.0 Å². The van der Waals surface area contributed by atoms with Crippen LogP contribution in [0.2, 0.25) is 0 Å². The Balaban J connectivity index is 2.69. The number of ether oxygens (including phenoxy) is 1. The molecule has 2 aromatic rings. The molecule has 0 unspecified atom stereocenters. The van der Waals surface area contributed by atoms with Crippen LogP contribution >= 0.6 is 12.6 Å². The third-order valence-corrected chi connectivity index (χ3v) is 5.77. The van der Waals surface area contributed by atoms with Crippen molar-refractivity contribution in [3.05, 3.63) is 59.4 Å². The highest BCUT2D eigenvalue weighted by molar-refractivity contribution is 7.81. The maximum absolute atomic E-state index is 14.8. The summed E-state index contributed by atoms with van der Waals surface area (Å²) >= 11 is 4.60. The molecule has 27 heavy (non-hydrogen) atoms. The number of carbonyl (C=O) groups is 1. The molecule has 0 fully saturated rings. The van der Waals surface area contributed by atoms with Crippen LogP contribution in [0.15, 0.2) is 42.5 Å². The molecule has 0 amide bonds. The second-order valence-electron chi connectivity index (χ2n) is 6.42. The lowest BCUT2D eigenvalue weighted by molar-refractivity contribution is -0.143. The Kier molecular flexibility index (Phi) is 6.76. The number of aliphatic carboxylic acids is 1. The summed E-state index contributed by atoms with van der Waals surface area (Å²) in [5.74, 6) is -0.921. The number of carboxylic acid groups (broad SMARTS) is 1. The summed E-state index contributed by atoms with van der Waals surface area (Å²) in [5.41, 5.74) is 0.0450. The minimum Gasteiger partial charge on any atom is -0.497 e. The van der Waals surface area contributed by atoms with E-state index in [-0.39, 0.29) is 5.69 Å². The molecule has 0 saturated carbocycles. The fraction of sp³-hybridized carbons (Fsp3) is 0.381. The summed E-state index contributed by atoms with van der Waals surface area (Å²) in [6.45, 7) is 3.81. The lowest BCUT2D eigenvalue weighted by Crippen LogP contribution is -2.57. The minimum atomic E-state index is -1.54. The minimum absolute atomic E-state index is 0.220. The molecule has 0 bridgehead atoms. The van der Waals surface area contributed by atoms with Crippen molar-refractivity contribution in [2.24, 2.45) is 0 Å². The van der Waals surface area contributed by atoms with Gasteiger partial charge in [0.2, 0.25) is 0 Å². The van der Waals surface area contributed by atoms with E-state index in [0.717, 1.165) is 5.56 Å². The Labute approximate surface area is 165 Å². The molecule has 4 nitrogen and oxygen atoms in total. The van der Waals surface area contributed by atoms with Gasteiger partial charge in [-0.25, -0.2) is 9.18 Å². The molecule has 2 rings (SSSR count). The quantitative estimate of drug-likeness (QED) is 0.650. The van der Waals surface area contributed by atoms with Gasteiger partial charge in [0.1, 0.15) is 11.6 Å². The monoisotopic (exact) mass is 391 g/mol. The number of hydrogen-bond donors (Lipinski definition) is 2. The van der Waals surface area contributed by atoms with E-state index >= 15 is 0 Å². The number of carboxylic acids is 1. The maximum atomic E-state index is 14.8. The molecule has 0 aliphatic carbocycles. The van der Waals surface area contributed by atoms with Crippen LogP contribution in [-0.2, 0) is 16.8 Å². The number of benzene rings is 2. The van der Waals surface area contributed by atoms with Gasteiger partial charge >= 0.3 is 5.97 Å². The van der Waals surface area contributed by atoms with Crippen LogP contribution in [0.4, 0.5) is 10.1 Å². The van der Waals surface area contributed by atoms with E-state index in [2.05, 4.69) is 12.6 Å². The molecule has 6 heteroatoms. The summed E-state index contributed by atoms with van der Waals surface area (Å²) in [6.07, 6.45) is 1.19. The van der Waals surface area contributed by atoms with E-state index in [1.54, 1.807) is 44.5 Å². The highest BCUT2D eigenvalue weighted by atomic mass is 32.1. The van der Waals surface area contributed by atoms with E-state index in [1.807, 2.05) is 19.9 Å². The number of likely N-dealkylation sites (N-methyl/N-ethyl adjacent to an activating group) is 1. The van der Waals surface area contributed by atoms with Crippen LogP contribution in [-0.4, -0.2) is 30.5 Å². The van der Waals surface area contributed by atoms with Gasteiger partial charge < -0.3 is 14.7 Å². The largest absolute Gasteiger partial charge is 0.497 e. The molecular formula is C21H26FNO3S. The molecule has 0 radical (unpaired) electrons. The second-order valence-corrected chi connectivity index (χ2v) is 7.05. The van der Waals surface area contributed by atoms with Crippen LogP contribution in [0.1, 0.15) is 31.4 Å². The first-order valence-corrected chi connectivity index (χ1v) is 9.42. The fourth-order valence-corrected chi connectivity index (χ4v) is 3.82. The Hall–Kier alpha value is -2.21. The number of rotatable bonds is 8. The van der Waals surface area contributed by atoms with Gasteiger partial charge in [0.05, 0.1) is 12.8 Å². The second kappa shape index (κ2) is 8.65. The predicted molar refractivity (Wildman–Crippen MR) is 110 cm³/mol. The Morgan fingerprint density at radius 1 is 1.26 bits per heavy atom. The first-order chi connectivity index (χ1) is 12.8. The van der Waals surface area contributed by atoms with Gasteiger partial charge in [-0.15, -0.1) is 0 Å². The van der Waals surface area contributed by atoms with Crippen LogP contribution < -0.4 is 9.64 Å². The molecule has 2 atom stereocenters. The first kappa shape index (κ1) is 21.1. The first-order valence-electron chi connectivity index (χ1n) is 8.91. The molecule has 0 aliphatic rings. The summed E-state index contributed by atoms with van der Waals surface area (Å²) in [4.78, 5) is 14.1. The molecule has 0 aromatic heterocycles. The number of halogens is 1. The number of nitrogens with zero attached hydrogens (tertiary/aromatic N) is 1. The van der Waals surface area contributed by atoms with Crippen LogP contribution in [0, 0.1) is 5.82 Å². The van der Waals surface area contributed by atoms with Crippen molar-refractivity contribution in [1.82, 2.24) is 0 Å². The van der Waals surface area contributed by atoms with E-state index < -0.39 is 22.6 Å². The predicted octanol–water partition coefficient (Wildman–Crippen LogP) is 4.52. The number of aryl methyl sites for hydroxylation is 1. The molecule has 2 aromatic carbocycles. The Morgan fingerprint density at radius 2 is 1.89 bits per heavy atom. The van der Waals surface area contributed by atoms with E-state index in [0.29, 0.717) is 24.2 Å². The average molecular weight is 392 g/mol. The Morgan fingerprint density at radius 3 is 2.33 bits per heavy atom. The van der Waals surface area contributed by atoms with Crippen molar-refractivity contribution in [2.75, 3.05) is 19.1 Å². The highest BCUT2D eigenvalue weighted by Crippen LogP contribution is 2.40. The average Bonchev–Trinajstić information content (AvgIpc) is 2.68. The van der Waals surface area contributed by atoms with E-state index in [9.17, 15) is 14.3 Å². The summed E-state index contributed by atoms with van der Waals surface area (Å²) in [5, 5.41) is 9.71. The summed E-state index contributed by atoms with van der Waals surface area (Å²) in [6, 6.07) is 11.7. The smallest absolute Gasteiger partial charge is 0.335 e. The van der Waals surface area contributed by atoms with Crippen molar-refractivity contribution < 1.29 is 19.0 Å². The zero-order chi connectivity index (χ0) is 20.2. The van der Waals surface area contributed by atoms with E-state index in [4.69, 9.17) is 4.74 Å². The lowest BCUT2D eigenvalue weighted by Gasteiger charge is -2.43. The zero-order valence-electron chi connectivity index (χ0n) is 16.1. The number of thiol groups is 1. The Bertz CT molecular complexity index is 797. The third kappa shape index (κ3) is 3.76. The third-order valence-electron chi connectivity index (χ3n) is 5.04. The molecule has 0 spiro atoms. The summed E-state index contributed by atoms with van der Waals surface area (Å²) < 4.78 is 20.0. The van der Waals surface area contributed by atoms with Gasteiger partial charge in [-0.2, -0.15) is 12.6 Å². The van der Waals surface area contributed by atoms with Gasteiger partial charge in [-0.3, -0.25) is 0 Å². The molecule has 0 aliphatic heterocycles. The molecule has 0 heterocycles. The fourth-order valence-electron chi connectivity index (χ4n) is 3.39. The number of anilines is 1. The van der Waals surface area contributed by atoms with Gasteiger partial charge in [-0.05, 0) is 48.2 Å². The SMILES string of the molecule is CCc1ccc(N(C)[C@@](C(=O)O)(c2ccc(OC)cc2)[C@@H](S)CC)c(F)c1. The summed E-state index contributed by atoms with van der Waals surface area (Å²) in [7, 11) is 3.14. The number of hydrogen-bond acceptors (Lipinski definition) is 4. The van der Waals surface area contributed by atoms with Crippen LogP contribution in [0.25, 0.3) is 0 Å². The van der Waals surface area contributed by atoms with Crippen molar-refractivity contribution in [2.45, 2.75) is 37.5 Å².